The molecule has 2 aliphatic heterocycles. The summed E-state index contributed by atoms with van der Waals surface area (Å²) in [6.45, 7) is 2.65. The summed E-state index contributed by atoms with van der Waals surface area (Å²) in [6.07, 6.45) is 4.62. The Morgan fingerprint density at radius 3 is 2.55 bits per heavy atom. The molecule has 1 unspecified atom stereocenters. The number of nitro benzene ring substituents is 1. The van der Waals surface area contributed by atoms with Crippen molar-refractivity contribution in [2.75, 3.05) is 32.8 Å². The molecule has 2 aliphatic rings. The predicted octanol–water partition coefficient (Wildman–Crippen LogP) is 3.19. The van der Waals surface area contributed by atoms with Gasteiger partial charge in [0.1, 0.15) is 6.10 Å². The maximum absolute atomic E-state index is 12.6. The lowest BCUT2D eigenvalue weighted by Gasteiger charge is -2.35. The lowest BCUT2D eigenvalue weighted by atomic mass is 10.1. The number of carbonyl (C=O) groups excluding carboxylic acids is 2. The second-order valence-electron chi connectivity index (χ2n) is 7.46. The van der Waals surface area contributed by atoms with Crippen molar-refractivity contribution in [3.8, 4) is 10.4 Å². The normalized spacial score (nSPS) is 19.2. The van der Waals surface area contributed by atoms with Crippen LogP contribution >= 0.6 is 11.3 Å². The number of nitrogens with zero attached hydrogens (tertiary/aromatic N) is 3. The highest BCUT2D eigenvalue weighted by Gasteiger charge is 2.30. The number of amides is 2. The van der Waals surface area contributed by atoms with E-state index in [0.29, 0.717) is 38.3 Å². The van der Waals surface area contributed by atoms with Gasteiger partial charge in [-0.05, 0) is 37.1 Å². The van der Waals surface area contributed by atoms with E-state index in [1.807, 2.05) is 12.1 Å². The van der Waals surface area contributed by atoms with Gasteiger partial charge in [-0.25, -0.2) is 0 Å². The van der Waals surface area contributed by atoms with Gasteiger partial charge in [-0.2, -0.15) is 0 Å². The molecule has 0 spiro atoms. The minimum absolute atomic E-state index is 0.0289. The van der Waals surface area contributed by atoms with Gasteiger partial charge >= 0.3 is 0 Å². The molecule has 1 aromatic carbocycles. The van der Waals surface area contributed by atoms with Gasteiger partial charge in [-0.1, -0.05) is 12.1 Å². The molecule has 0 radical (unpaired) electrons. The first-order valence-corrected chi connectivity index (χ1v) is 11.1. The molecule has 0 bridgehead atoms. The summed E-state index contributed by atoms with van der Waals surface area (Å²) < 4.78 is 5.47. The molecule has 2 amide bonds. The molecule has 162 valence electrons. The Balaban J connectivity index is 1.34. The van der Waals surface area contributed by atoms with E-state index in [-0.39, 0.29) is 23.6 Å². The predicted molar refractivity (Wildman–Crippen MR) is 118 cm³/mol. The molecule has 0 saturated carbocycles. The zero-order valence-corrected chi connectivity index (χ0v) is 17.8. The number of ether oxygens (including phenoxy) is 1. The Hall–Kier alpha value is -3.04. The third-order valence-electron chi connectivity index (χ3n) is 5.49. The van der Waals surface area contributed by atoms with Gasteiger partial charge in [0.2, 0.25) is 5.91 Å². The molecule has 2 aromatic rings. The molecule has 2 saturated heterocycles. The van der Waals surface area contributed by atoms with Gasteiger partial charge in [-0.15, -0.1) is 11.3 Å². The first-order valence-electron chi connectivity index (χ1n) is 10.2. The second kappa shape index (κ2) is 9.40. The van der Waals surface area contributed by atoms with Crippen LogP contribution in [-0.4, -0.2) is 65.4 Å². The standard InChI is InChI=1S/C22H23N3O5S/c26-21(23-11-13-24(14-12-23)22(27)19-6-3-15-30-19)10-8-16-7-9-20(31-16)17-4-1-2-5-18(17)25(28)29/h1-2,4-5,7-10,19H,3,6,11-15H2. The first kappa shape index (κ1) is 21.2. The molecule has 8 nitrogen and oxygen atoms in total. The van der Waals surface area contributed by atoms with Crippen LogP contribution in [0.4, 0.5) is 5.69 Å². The van der Waals surface area contributed by atoms with Crippen LogP contribution in [0.25, 0.3) is 16.5 Å². The minimum atomic E-state index is -0.392. The maximum atomic E-state index is 12.6. The van der Waals surface area contributed by atoms with Gasteiger partial charge in [-0.3, -0.25) is 19.7 Å². The van der Waals surface area contributed by atoms with Crippen LogP contribution in [-0.2, 0) is 14.3 Å². The number of hydrogen-bond donors (Lipinski definition) is 0. The van der Waals surface area contributed by atoms with Crippen molar-refractivity contribution in [3.63, 3.8) is 0 Å². The second-order valence-corrected chi connectivity index (χ2v) is 8.58. The van der Waals surface area contributed by atoms with E-state index in [1.54, 1.807) is 34.1 Å². The van der Waals surface area contributed by atoms with E-state index >= 15 is 0 Å². The fourth-order valence-electron chi connectivity index (χ4n) is 3.81. The number of nitro groups is 1. The zero-order valence-electron chi connectivity index (χ0n) is 16.9. The molecule has 4 rings (SSSR count). The number of benzene rings is 1. The molecule has 1 aromatic heterocycles. The monoisotopic (exact) mass is 441 g/mol. The molecular formula is C22H23N3O5S. The first-order chi connectivity index (χ1) is 15.0. The highest BCUT2D eigenvalue weighted by Crippen LogP contribution is 2.35. The Morgan fingerprint density at radius 1 is 1.10 bits per heavy atom. The largest absolute Gasteiger partial charge is 0.368 e. The average Bonchev–Trinajstić information content (AvgIpc) is 3.49. The summed E-state index contributed by atoms with van der Waals surface area (Å²) in [4.78, 5) is 40.9. The third kappa shape index (κ3) is 4.83. The molecule has 1 atom stereocenters. The SMILES string of the molecule is O=C(C=Cc1ccc(-c2ccccc2[N+](=O)[O-])s1)N1CCN(C(=O)C2CCCO2)CC1. The van der Waals surface area contributed by atoms with Crippen LogP contribution in [0.15, 0.2) is 42.5 Å². The summed E-state index contributed by atoms with van der Waals surface area (Å²) >= 11 is 1.40. The van der Waals surface area contributed by atoms with Crippen molar-refractivity contribution in [1.82, 2.24) is 9.80 Å². The minimum Gasteiger partial charge on any atom is -0.368 e. The van der Waals surface area contributed by atoms with Crippen LogP contribution in [0.3, 0.4) is 0 Å². The van der Waals surface area contributed by atoms with E-state index in [4.69, 9.17) is 4.74 Å². The average molecular weight is 442 g/mol. The fourth-order valence-corrected chi connectivity index (χ4v) is 4.76. The molecule has 0 N–H and O–H groups in total. The molecule has 9 heteroatoms. The number of piperazine rings is 1. The highest BCUT2D eigenvalue weighted by molar-refractivity contribution is 7.16. The Morgan fingerprint density at radius 2 is 1.84 bits per heavy atom. The highest BCUT2D eigenvalue weighted by atomic mass is 32.1. The van der Waals surface area contributed by atoms with Crippen molar-refractivity contribution < 1.29 is 19.2 Å². The third-order valence-corrected chi connectivity index (χ3v) is 6.58. The van der Waals surface area contributed by atoms with Gasteiger partial charge < -0.3 is 14.5 Å². The number of carbonyl (C=O) groups is 2. The fraction of sp³-hybridized carbons (Fsp3) is 0.364. The van der Waals surface area contributed by atoms with Crippen LogP contribution in [0.1, 0.15) is 17.7 Å². The van der Waals surface area contributed by atoms with Crippen molar-refractivity contribution >= 4 is 34.9 Å². The number of rotatable bonds is 5. The summed E-state index contributed by atoms with van der Waals surface area (Å²) in [7, 11) is 0. The van der Waals surface area contributed by atoms with E-state index in [9.17, 15) is 19.7 Å². The van der Waals surface area contributed by atoms with E-state index < -0.39 is 4.92 Å². The number of para-hydroxylation sites is 1. The Bertz CT molecular complexity index is 1000. The van der Waals surface area contributed by atoms with Crippen LogP contribution < -0.4 is 0 Å². The van der Waals surface area contributed by atoms with Gasteiger partial charge in [0.05, 0.1) is 10.5 Å². The van der Waals surface area contributed by atoms with E-state index in [0.717, 1.165) is 22.6 Å². The van der Waals surface area contributed by atoms with Crippen molar-refractivity contribution in [2.45, 2.75) is 18.9 Å². The maximum Gasteiger partial charge on any atom is 0.278 e. The topological polar surface area (TPSA) is 93.0 Å². The molecular weight excluding hydrogens is 418 g/mol. The van der Waals surface area contributed by atoms with Crippen molar-refractivity contribution in [1.29, 1.82) is 0 Å². The summed E-state index contributed by atoms with van der Waals surface area (Å²) in [5.74, 6) is -0.0777. The molecule has 0 aliphatic carbocycles. The molecule has 2 fully saturated rings. The van der Waals surface area contributed by atoms with Crippen LogP contribution in [0, 0.1) is 10.1 Å². The van der Waals surface area contributed by atoms with Crippen molar-refractivity contribution in [3.05, 3.63) is 57.5 Å². The smallest absolute Gasteiger partial charge is 0.278 e. The number of hydrogen-bond acceptors (Lipinski definition) is 6. The summed E-state index contributed by atoms with van der Waals surface area (Å²) in [5.41, 5.74) is 0.627. The van der Waals surface area contributed by atoms with Gasteiger partial charge in [0, 0.05) is 54.7 Å². The van der Waals surface area contributed by atoms with Crippen LogP contribution in [0.2, 0.25) is 0 Å². The van der Waals surface area contributed by atoms with Crippen molar-refractivity contribution in [2.24, 2.45) is 0 Å². The van der Waals surface area contributed by atoms with E-state index in [2.05, 4.69) is 0 Å². The Labute approximate surface area is 183 Å². The zero-order chi connectivity index (χ0) is 21.8. The lowest BCUT2D eigenvalue weighted by molar-refractivity contribution is -0.384. The van der Waals surface area contributed by atoms with Gasteiger partial charge in [0.15, 0.2) is 0 Å². The summed E-state index contributed by atoms with van der Waals surface area (Å²) in [5, 5.41) is 11.2. The number of thiophene rings is 1. The lowest BCUT2D eigenvalue weighted by Crippen LogP contribution is -2.52. The quantitative estimate of drug-likeness (QED) is 0.404. The summed E-state index contributed by atoms with van der Waals surface area (Å²) in [6, 6.07) is 10.3. The Kier molecular flexibility index (Phi) is 6.43. The molecule has 31 heavy (non-hydrogen) atoms. The van der Waals surface area contributed by atoms with Crippen LogP contribution in [0.5, 0.6) is 0 Å². The van der Waals surface area contributed by atoms with Gasteiger partial charge in [0.25, 0.3) is 11.6 Å². The van der Waals surface area contributed by atoms with E-state index in [1.165, 1.54) is 23.5 Å². The molecule has 3 heterocycles.